The van der Waals surface area contributed by atoms with Crippen LogP contribution in [0.5, 0.6) is 0 Å². The standard InChI is InChI=1S/C17H17F3N2O/c18-17(19,20)15-9-5-4-6-12(15)10-13(11-21)16(23)22-14-7-2-1-3-8-14/h4-6,9-10,14H,1-3,7-8H2,(H,22,23). The Morgan fingerprint density at radius 3 is 2.48 bits per heavy atom. The van der Waals surface area contributed by atoms with Gasteiger partial charge in [-0.05, 0) is 30.5 Å². The Morgan fingerprint density at radius 1 is 1.22 bits per heavy atom. The Bertz CT molecular complexity index is 638. The van der Waals surface area contributed by atoms with Gasteiger partial charge in [0.1, 0.15) is 11.6 Å². The van der Waals surface area contributed by atoms with Crippen molar-refractivity contribution in [3.63, 3.8) is 0 Å². The van der Waals surface area contributed by atoms with Gasteiger partial charge < -0.3 is 5.32 Å². The van der Waals surface area contributed by atoms with Crippen LogP contribution in [0, 0.1) is 11.3 Å². The highest BCUT2D eigenvalue weighted by Crippen LogP contribution is 2.32. The topological polar surface area (TPSA) is 52.9 Å². The Labute approximate surface area is 132 Å². The summed E-state index contributed by atoms with van der Waals surface area (Å²) in [5.41, 5.74) is -1.36. The lowest BCUT2D eigenvalue weighted by Crippen LogP contribution is -2.36. The normalized spacial score (nSPS) is 16.7. The minimum atomic E-state index is -4.53. The summed E-state index contributed by atoms with van der Waals surface area (Å²) < 4.78 is 38.9. The molecule has 1 aliphatic carbocycles. The van der Waals surface area contributed by atoms with E-state index in [-0.39, 0.29) is 17.2 Å². The number of amides is 1. The van der Waals surface area contributed by atoms with Crippen LogP contribution in [0.1, 0.15) is 43.2 Å². The lowest BCUT2D eigenvalue weighted by Gasteiger charge is -2.22. The van der Waals surface area contributed by atoms with Crippen molar-refractivity contribution in [2.75, 3.05) is 0 Å². The molecule has 2 rings (SSSR count). The highest BCUT2D eigenvalue weighted by atomic mass is 19.4. The highest BCUT2D eigenvalue weighted by Gasteiger charge is 2.32. The van der Waals surface area contributed by atoms with Gasteiger partial charge in [0.2, 0.25) is 0 Å². The quantitative estimate of drug-likeness (QED) is 0.674. The number of rotatable bonds is 3. The maximum Gasteiger partial charge on any atom is 0.416 e. The van der Waals surface area contributed by atoms with Gasteiger partial charge in [0.15, 0.2) is 0 Å². The van der Waals surface area contributed by atoms with E-state index in [2.05, 4.69) is 5.32 Å². The molecular formula is C17H17F3N2O. The van der Waals surface area contributed by atoms with Crippen molar-refractivity contribution >= 4 is 12.0 Å². The zero-order valence-corrected chi connectivity index (χ0v) is 12.5. The van der Waals surface area contributed by atoms with E-state index in [1.54, 1.807) is 6.07 Å². The second kappa shape index (κ2) is 7.32. The van der Waals surface area contributed by atoms with E-state index in [1.165, 1.54) is 18.2 Å². The van der Waals surface area contributed by atoms with Gasteiger partial charge in [0.25, 0.3) is 5.91 Å². The summed E-state index contributed by atoms with van der Waals surface area (Å²) in [4.78, 5) is 12.1. The summed E-state index contributed by atoms with van der Waals surface area (Å²) in [6, 6.07) is 6.58. The Morgan fingerprint density at radius 2 is 1.87 bits per heavy atom. The molecule has 1 fully saturated rings. The smallest absolute Gasteiger partial charge is 0.349 e. The number of alkyl halides is 3. The monoisotopic (exact) mass is 322 g/mol. The molecule has 1 amide bonds. The lowest BCUT2D eigenvalue weighted by atomic mass is 9.95. The van der Waals surface area contributed by atoms with E-state index in [0.717, 1.165) is 44.2 Å². The molecule has 1 aliphatic rings. The van der Waals surface area contributed by atoms with Crippen molar-refractivity contribution in [3.8, 4) is 6.07 Å². The van der Waals surface area contributed by atoms with Crippen molar-refractivity contribution in [3.05, 3.63) is 41.0 Å². The molecule has 6 heteroatoms. The van der Waals surface area contributed by atoms with E-state index < -0.39 is 17.6 Å². The van der Waals surface area contributed by atoms with E-state index in [9.17, 15) is 18.0 Å². The molecule has 1 saturated carbocycles. The SMILES string of the molecule is N#CC(=Cc1ccccc1C(F)(F)F)C(=O)NC1CCCCC1. The number of nitrogens with zero attached hydrogens (tertiary/aromatic N) is 1. The van der Waals surface area contributed by atoms with Crippen LogP contribution in [0.2, 0.25) is 0 Å². The van der Waals surface area contributed by atoms with Crippen LogP contribution in [0.4, 0.5) is 13.2 Å². The number of hydrogen-bond donors (Lipinski definition) is 1. The summed E-state index contributed by atoms with van der Waals surface area (Å²) in [6.07, 6.45) is 1.27. The molecule has 1 N–H and O–H groups in total. The minimum Gasteiger partial charge on any atom is -0.349 e. The van der Waals surface area contributed by atoms with E-state index >= 15 is 0 Å². The molecule has 1 aromatic rings. The zero-order chi connectivity index (χ0) is 16.9. The Kier molecular flexibility index (Phi) is 5.43. The first kappa shape index (κ1) is 17.1. The summed E-state index contributed by atoms with van der Waals surface area (Å²) >= 11 is 0. The number of nitriles is 1. The molecule has 23 heavy (non-hydrogen) atoms. The van der Waals surface area contributed by atoms with Gasteiger partial charge in [-0.1, -0.05) is 37.5 Å². The minimum absolute atomic E-state index is 0.00846. The van der Waals surface area contributed by atoms with Crippen LogP contribution in [-0.4, -0.2) is 11.9 Å². The summed E-state index contributed by atoms with van der Waals surface area (Å²) in [5, 5.41) is 11.9. The molecule has 0 aliphatic heterocycles. The van der Waals surface area contributed by atoms with E-state index in [1.807, 2.05) is 0 Å². The number of hydrogen-bond acceptors (Lipinski definition) is 2. The Hall–Kier alpha value is -2.29. The summed E-state index contributed by atoms with van der Waals surface area (Å²) in [7, 11) is 0. The third-order valence-electron chi connectivity index (χ3n) is 3.87. The summed E-state index contributed by atoms with van der Waals surface area (Å²) in [6.45, 7) is 0. The van der Waals surface area contributed by atoms with E-state index in [0.29, 0.717) is 0 Å². The molecule has 0 radical (unpaired) electrons. The predicted molar refractivity (Wildman–Crippen MR) is 80.0 cm³/mol. The van der Waals surface area contributed by atoms with Gasteiger partial charge in [0, 0.05) is 6.04 Å². The second-order valence-corrected chi connectivity index (χ2v) is 5.56. The van der Waals surface area contributed by atoms with Crippen LogP contribution < -0.4 is 5.32 Å². The van der Waals surface area contributed by atoms with Gasteiger partial charge in [-0.3, -0.25) is 4.79 Å². The van der Waals surface area contributed by atoms with Crippen molar-refractivity contribution < 1.29 is 18.0 Å². The van der Waals surface area contributed by atoms with Crippen molar-refractivity contribution in [2.45, 2.75) is 44.3 Å². The maximum atomic E-state index is 13.0. The lowest BCUT2D eigenvalue weighted by molar-refractivity contribution is -0.137. The van der Waals surface area contributed by atoms with Crippen LogP contribution in [-0.2, 0) is 11.0 Å². The van der Waals surface area contributed by atoms with E-state index in [4.69, 9.17) is 5.26 Å². The molecule has 0 unspecified atom stereocenters. The first-order valence-corrected chi connectivity index (χ1v) is 7.50. The molecule has 0 spiro atoms. The van der Waals surface area contributed by atoms with Crippen LogP contribution in [0.25, 0.3) is 6.08 Å². The predicted octanol–water partition coefficient (Wildman–Crippen LogP) is 4.06. The van der Waals surface area contributed by atoms with Crippen molar-refractivity contribution in [2.24, 2.45) is 0 Å². The molecule has 1 aromatic carbocycles. The fraction of sp³-hybridized carbons (Fsp3) is 0.412. The Balaban J connectivity index is 2.22. The average Bonchev–Trinajstić information content (AvgIpc) is 2.53. The largest absolute Gasteiger partial charge is 0.416 e. The maximum absolute atomic E-state index is 13.0. The summed E-state index contributed by atoms with van der Waals surface area (Å²) in [5.74, 6) is -0.614. The van der Waals surface area contributed by atoms with Crippen LogP contribution in [0.15, 0.2) is 29.8 Å². The molecule has 0 atom stereocenters. The molecule has 0 aromatic heterocycles. The molecule has 0 heterocycles. The number of nitrogens with one attached hydrogen (secondary N) is 1. The third kappa shape index (κ3) is 4.59. The van der Waals surface area contributed by atoms with Crippen LogP contribution in [0.3, 0.4) is 0 Å². The highest BCUT2D eigenvalue weighted by molar-refractivity contribution is 6.02. The average molecular weight is 322 g/mol. The first-order chi connectivity index (χ1) is 10.9. The third-order valence-corrected chi connectivity index (χ3v) is 3.87. The number of benzene rings is 1. The molecular weight excluding hydrogens is 305 g/mol. The second-order valence-electron chi connectivity index (χ2n) is 5.56. The van der Waals surface area contributed by atoms with Gasteiger partial charge in [-0.15, -0.1) is 0 Å². The van der Waals surface area contributed by atoms with Gasteiger partial charge in [-0.2, -0.15) is 18.4 Å². The van der Waals surface area contributed by atoms with Gasteiger partial charge in [0.05, 0.1) is 5.56 Å². The van der Waals surface area contributed by atoms with Crippen LogP contribution >= 0.6 is 0 Å². The van der Waals surface area contributed by atoms with Gasteiger partial charge in [-0.25, -0.2) is 0 Å². The number of carbonyl (C=O) groups excluding carboxylic acids is 1. The fourth-order valence-corrected chi connectivity index (χ4v) is 2.70. The molecule has 122 valence electrons. The fourth-order valence-electron chi connectivity index (χ4n) is 2.70. The van der Waals surface area contributed by atoms with Crippen molar-refractivity contribution in [1.29, 1.82) is 5.26 Å². The number of carbonyl (C=O) groups is 1. The molecule has 0 saturated heterocycles. The molecule has 3 nitrogen and oxygen atoms in total. The zero-order valence-electron chi connectivity index (χ0n) is 12.5. The first-order valence-electron chi connectivity index (χ1n) is 7.50. The number of halogens is 3. The van der Waals surface area contributed by atoms with Crippen molar-refractivity contribution in [1.82, 2.24) is 5.32 Å². The van der Waals surface area contributed by atoms with Gasteiger partial charge >= 0.3 is 6.18 Å². The molecule has 0 bridgehead atoms.